The molecule has 0 nitrogen and oxygen atoms in total. The second-order valence-electron chi connectivity index (χ2n) is 3.64. The predicted octanol–water partition coefficient (Wildman–Crippen LogP) is 3.08. The lowest BCUT2D eigenvalue weighted by atomic mass is 10.3. The van der Waals surface area contributed by atoms with Crippen LogP contribution in [0.2, 0.25) is 15.3 Å². The van der Waals surface area contributed by atoms with Crippen molar-refractivity contribution in [3.05, 3.63) is 0 Å². The van der Waals surface area contributed by atoms with Gasteiger partial charge in [-0.2, -0.15) is 0 Å². The van der Waals surface area contributed by atoms with E-state index in [4.69, 9.17) is 0 Å². The lowest BCUT2D eigenvalue weighted by Gasteiger charge is -2.19. The minimum atomic E-state index is -0.199. The normalized spacial score (nSPS) is 21.0. The Balaban J connectivity index is 2.23. The minimum absolute atomic E-state index is 0.199. The molecule has 1 saturated heterocycles. The van der Waals surface area contributed by atoms with Gasteiger partial charge in [0.2, 0.25) is 0 Å². The highest BCUT2D eigenvalue weighted by Crippen LogP contribution is 2.26. The molecule has 0 aromatic carbocycles. The Morgan fingerprint density at radius 2 is 1.56 bits per heavy atom. The van der Waals surface area contributed by atoms with Crippen molar-refractivity contribution >= 4 is 14.1 Å². The summed E-state index contributed by atoms with van der Waals surface area (Å²) in [6, 6.07) is 0. The van der Waals surface area contributed by atoms with Gasteiger partial charge in [-0.05, 0) is 0 Å². The fraction of sp³-hybridized carbons (Fsp3) is 1.00. The first-order valence-corrected chi connectivity index (χ1v) is 6.60. The maximum atomic E-state index is 2.42. The molecular formula is C8H17Al. The van der Waals surface area contributed by atoms with Crippen LogP contribution in [0.1, 0.15) is 33.1 Å². The summed E-state index contributed by atoms with van der Waals surface area (Å²) < 4.78 is 1.07. The molecule has 0 unspecified atom stereocenters. The topological polar surface area (TPSA) is 0 Å². The molecule has 0 atom stereocenters. The Morgan fingerprint density at radius 1 is 1.00 bits per heavy atom. The van der Waals surface area contributed by atoms with Crippen molar-refractivity contribution < 1.29 is 0 Å². The van der Waals surface area contributed by atoms with Crippen molar-refractivity contribution in [2.24, 2.45) is 0 Å². The molecule has 1 fully saturated rings. The lowest BCUT2D eigenvalue weighted by Crippen LogP contribution is -2.19. The number of hydrogen-bond donors (Lipinski definition) is 0. The summed E-state index contributed by atoms with van der Waals surface area (Å²) in [5.74, 6) is 0. The van der Waals surface area contributed by atoms with Gasteiger partial charge in [0.25, 0.3) is 14.1 Å². The van der Waals surface area contributed by atoms with Gasteiger partial charge in [-0.25, -0.2) is 0 Å². The van der Waals surface area contributed by atoms with Crippen molar-refractivity contribution in [2.45, 2.75) is 48.5 Å². The summed E-state index contributed by atoms with van der Waals surface area (Å²) in [5.41, 5.74) is 0. The Kier molecular flexibility index (Phi) is 3.09. The van der Waals surface area contributed by atoms with Gasteiger partial charge in [-0.15, -0.1) is 0 Å². The molecule has 1 heterocycles. The molecule has 1 rings (SSSR count). The van der Waals surface area contributed by atoms with Crippen LogP contribution >= 0.6 is 0 Å². The highest BCUT2D eigenvalue weighted by atomic mass is 27.2. The Labute approximate surface area is 63.0 Å². The van der Waals surface area contributed by atoms with E-state index in [1.165, 1.54) is 6.42 Å². The summed E-state index contributed by atoms with van der Waals surface area (Å²) in [7, 11) is 0. The Hall–Kier alpha value is 0.532. The first kappa shape index (κ1) is 7.64. The maximum absolute atomic E-state index is 2.42. The van der Waals surface area contributed by atoms with Gasteiger partial charge in [0, 0.05) is 0 Å². The van der Waals surface area contributed by atoms with E-state index in [1.807, 2.05) is 0 Å². The SMILES string of the molecule is C[CH](C)[Al]1[CH2]CCC[CH2]1. The summed E-state index contributed by atoms with van der Waals surface area (Å²) >= 11 is -0.199. The van der Waals surface area contributed by atoms with E-state index in [2.05, 4.69) is 13.8 Å². The van der Waals surface area contributed by atoms with Gasteiger partial charge >= 0.3 is 0 Å². The predicted molar refractivity (Wildman–Crippen MR) is 44.3 cm³/mol. The summed E-state index contributed by atoms with van der Waals surface area (Å²) in [6.45, 7) is 4.84. The number of hydrogen-bond acceptors (Lipinski definition) is 0. The average molecular weight is 140 g/mol. The van der Waals surface area contributed by atoms with Crippen LogP contribution in [0, 0.1) is 0 Å². The fourth-order valence-electron chi connectivity index (χ4n) is 1.80. The van der Waals surface area contributed by atoms with Crippen LogP contribution in [0.4, 0.5) is 0 Å². The second-order valence-corrected chi connectivity index (χ2v) is 7.65. The molecule has 0 N–H and O–H groups in total. The zero-order chi connectivity index (χ0) is 6.69. The van der Waals surface area contributed by atoms with Gasteiger partial charge in [0.05, 0.1) is 0 Å². The van der Waals surface area contributed by atoms with E-state index >= 15 is 0 Å². The van der Waals surface area contributed by atoms with E-state index in [9.17, 15) is 0 Å². The molecule has 0 aromatic heterocycles. The quantitative estimate of drug-likeness (QED) is 0.491. The standard InChI is InChI=1S/C5H10.C3H7.Al/c1-3-5-4-2;1-3-2;/h1-5H2;3H,1-2H3;. The monoisotopic (exact) mass is 140 g/mol. The first-order chi connectivity index (χ1) is 4.30. The third kappa shape index (κ3) is 2.32. The zero-order valence-electron chi connectivity index (χ0n) is 6.69. The van der Waals surface area contributed by atoms with Crippen LogP contribution in [0.5, 0.6) is 0 Å². The summed E-state index contributed by atoms with van der Waals surface area (Å²) in [4.78, 5) is 0. The van der Waals surface area contributed by atoms with Crippen molar-refractivity contribution in [1.82, 2.24) is 0 Å². The molecule has 1 heteroatoms. The van der Waals surface area contributed by atoms with Crippen LogP contribution in [-0.2, 0) is 0 Å². The molecule has 9 heavy (non-hydrogen) atoms. The molecule has 0 amide bonds. The van der Waals surface area contributed by atoms with Crippen molar-refractivity contribution in [3.63, 3.8) is 0 Å². The van der Waals surface area contributed by atoms with E-state index in [0.29, 0.717) is 0 Å². The Bertz CT molecular complexity index is 72.6. The third-order valence-electron chi connectivity index (χ3n) is 2.59. The Morgan fingerprint density at radius 3 is 1.89 bits per heavy atom. The summed E-state index contributed by atoms with van der Waals surface area (Å²) in [5, 5.41) is 3.27. The smallest absolute Gasteiger partial charge is 0.0937 e. The fourth-order valence-corrected chi connectivity index (χ4v) is 5.05. The van der Waals surface area contributed by atoms with Crippen LogP contribution in [0.25, 0.3) is 0 Å². The van der Waals surface area contributed by atoms with Gasteiger partial charge in [-0.1, -0.05) is 48.5 Å². The van der Waals surface area contributed by atoms with Gasteiger partial charge < -0.3 is 0 Å². The lowest BCUT2D eigenvalue weighted by molar-refractivity contribution is 0.710. The molecular weight excluding hydrogens is 123 g/mol. The van der Waals surface area contributed by atoms with Crippen molar-refractivity contribution in [1.29, 1.82) is 0 Å². The number of rotatable bonds is 1. The van der Waals surface area contributed by atoms with Gasteiger partial charge in [0.1, 0.15) is 0 Å². The van der Waals surface area contributed by atoms with E-state index in [-0.39, 0.29) is 14.1 Å². The van der Waals surface area contributed by atoms with E-state index in [0.717, 1.165) is 4.78 Å². The molecule has 1 aliphatic heterocycles. The van der Waals surface area contributed by atoms with Crippen LogP contribution < -0.4 is 0 Å². The van der Waals surface area contributed by atoms with Crippen LogP contribution in [0.3, 0.4) is 0 Å². The minimum Gasteiger partial charge on any atom is -0.0937 e. The maximum Gasteiger partial charge on any atom is 0.264 e. The zero-order valence-corrected chi connectivity index (χ0v) is 7.84. The van der Waals surface area contributed by atoms with E-state index < -0.39 is 0 Å². The molecule has 0 saturated carbocycles. The van der Waals surface area contributed by atoms with Crippen molar-refractivity contribution in [2.75, 3.05) is 0 Å². The first-order valence-electron chi connectivity index (χ1n) is 4.30. The second kappa shape index (κ2) is 3.64. The molecule has 0 aromatic rings. The molecule has 1 aliphatic rings. The van der Waals surface area contributed by atoms with E-state index in [1.54, 1.807) is 23.4 Å². The highest BCUT2D eigenvalue weighted by Gasteiger charge is 2.22. The molecule has 0 spiro atoms. The largest absolute Gasteiger partial charge is 0.264 e. The van der Waals surface area contributed by atoms with Crippen LogP contribution in [-0.4, -0.2) is 14.1 Å². The van der Waals surface area contributed by atoms with Crippen molar-refractivity contribution in [3.8, 4) is 0 Å². The molecule has 0 bridgehead atoms. The third-order valence-corrected chi connectivity index (χ3v) is 6.78. The van der Waals surface area contributed by atoms with Gasteiger partial charge in [0.15, 0.2) is 0 Å². The summed E-state index contributed by atoms with van der Waals surface area (Å²) in [6.07, 6.45) is 4.63. The van der Waals surface area contributed by atoms with Gasteiger partial charge in [-0.3, -0.25) is 0 Å². The molecule has 0 radical (unpaired) electrons. The average Bonchev–Trinajstić information content (AvgIpc) is 1.90. The van der Waals surface area contributed by atoms with Crippen LogP contribution in [0.15, 0.2) is 0 Å². The molecule has 52 valence electrons. The highest BCUT2D eigenvalue weighted by molar-refractivity contribution is 6.60. The molecule has 0 aliphatic carbocycles.